The first-order valence-corrected chi connectivity index (χ1v) is 7.67. The summed E-state index contributed by atoms with van der Waals surface area (Å²) in [5, 5.41) is 16.5. The van der Waals surface area contributed by atoms with Crippen molar-refractivity contribution in [1.82, 2.24) is 30.5 Å². The lowest BCUT2D eigenvalue weighted by molar-refractivity contribution is 0.0353. The highest BCUT2D eigenvalue weighted by Gasteiger charge is 2.21. The normalized spacial score (nSPS) is 17.7. The minimum absolute atomic E-state index is 0.0274. The zero-order valence-electron chi connectivity index (χ0n) is 13.3. The van der Waals surface area contributed by atoms with Crippen molar-refractivity contribution < 1.29 is 9.53 Å². The van der Waals surface area contributed by atoms with Crippen LogP contribution < -0.4 is 15.8 Å². The Hall–Kier alpha value is -2.75. The van der Waals surface area contributed by atoms with Crippen LogP contribution in [0.25, 0.3) is 0 Å². The van der Waals surface area contributed by atoms with Gasteiger partial charge in [-0.1, -0.05) is 0 Å². The summed E-state index contributed by atoms with van der Waals surface area (Å²) >= 11 is 0. The first-order chi connectivity index (χ1) is 11.6. The van der Waals surface area contributed by atoms with Gasteiger partial charge >= 0.3 is 0 Å². The summed E-state index contributed by atoms with van der Waals surface area (Å²) in [6.07, 6.45) is 3.69. The average molecular weight is 333 g/mol. The molecule has 0 bridgehead atoms. The van der Waals surface area contributed by atoms with E-state index in [0.29, 0.717) is 32.7 Å². The van der Waals surface area contributed by atoms with Crippen molar-refractivity contribution in [2.45, 2.75) is 12.5 Å². The van der Waals surface area contributed by atoms with E-state index < -0.39 is 0 Å². The van der Waals surface area contributed by atoms with Gasteiger partial charge in [0.2, 0.25) is 0 Å². The smallest absolute Gasteiger partial charge is 0.273 e. The van der Waals surface area contributed by atoms with E-state index in [1.165, 1.54) is 10.9 Å². The molecule has 0 unspecified atom stereocenters. The van der Waals surface area contributed by atoms with Crippen LogP contribution in [0.3, 0.4) is 0 Å². The van der Waals surface area contributed by atoms with Gasteiger partial charge in [0, 0.05) is 32.7 Å². The molecule has 1 aliphatic heterocycles. The number of nitrogens with zero attached hydrogens (tertiary/aromatic N) is 5. The summed E-state index contributed by atoms with van der Waals surface area (Å²) in [6, 6.07) is 1.57. The van der Waals surface area contributed by atoms with E-state index in [4.69, 9.17) is 4.74 Å². The van der Waals surface area contributed by atoms with E-state index in [-0.39, 0.29) is 23.3 Å². The number of carbonyl (C=O) groups is 1. The molecule has 128 valence electrons. The fourth-order valence-corrected chi connectivity index (χ4v) is 2.51. The van der Waals surface area contributed by atoms with Gasteiger partial charge in [0.1, 0.15) is 0 Å². The summed E-state index contributed by atoms with van der Waals surface area (Å²) in [5.41, 5.74) is 0.904. The Morgan fingerprint density at radius 3 is 3.12 bits per heavy atom. The topological polar surface area (TPSA) is 118 Å². The highest BCUT2D eigenvalue weighted by atomic mass is 16.5. The Bertz CT molecular complexity index is 743. The number of carbonyl (C=O) groups excluding carboxylic acids is 1. The third-order valence-electron chi connectivity index (χ3n) is 3.86. The van der Waals surface area contributed by atoms with Crippen LogP contribution in [0.4, 0.5) is 5.69 Å². The predicted octanol–water partition coefficient (Wildman–Crippen LogP) is -1.08. The molecule has 1 saturated heterocycles. The third kappa shape index (κ3) is 3.77. The summed E-state index contributed by atoms with van der Waals surface area (Å²) in [4.78, 5) is 25.5. The summed E-state index contributed by atoms with van der Waals surface area (Å²) < 4.78 is 7.02. The molecule has 10 nitrogen and oxygen atoms in total. The lowest BCUT2D eigenvalue weighted by Crippen LogP contribution is -2.44. The molecule has 0 spiro atoms. The number of amides is 1. The number of hydrogen-bond acceptors (Lipinski definition) is 7. The molecule has 2 aromatic rings. The van der Waals surface area contributed by atoms with Crippen LogP contribution in [0.15, 0.2) is 23.3 Å². The van der Waals surface area contributed by atoms with Crippen LogP contribution in [-0.4, -0.2) is 63.4 Å². The van der Waals surface area contributed by atoms with Gasteiger partial charge in [0.25, 0.3) is 11.5 Å². The van der Waals surface area contributed by atoms with Crippen molar-refractivity contribution in [2.75, 3.05) is 31.1 Å². The summed E-state index contributed by atoms with van der Waals surface area (Å²) in [5.74, 6) is -0.271. The van der Waals surface area contributed by atoms with Crippen molar-refractivity contribution in [3.05, 3.63) is 34.5 Å². The molecular formula is C14H19N7O3. The maximum atomic E-state index is 11.8. The van der Waals surface area contributed by atoms with Crippen molar-refractivity contribution in [3.63, 3.8) is 0 Å². The average Bonchev–Trinajstić information content (AvgIpc) is 3.12. The number of aromatic nitrogens is 5. The van der Waals surface area contributed by atoms with E-state index in [0.717, 1.165) is 5.69 Å². The van der Waals surface area contributed by atoms with Gasteiger partial charge in [0.05, 0.1) is 30.8 Å². The molecule has 1 aliphatic rings. The van der Waals surface area contributed by atoms with Gasteiger partial charge in [-0.05, 0) is 6.42 Å². The monoisotopic (exact) mass is 333 g/mol. The zero-order valence-corrected chi connectivity index (χ0v) is 13.3. The Labute approximate surface area is 137 Å². The van der Waals surface area contributed by atoms with Gasteiger partial charge < -0.3 is 15.0 Å². The number of morpholine rings is 1. The number of aromatic amines is 1. The Morgan fingerprint density at radius 2 is 2.38 bits per heavy atom. The van der Waals surface area contributed by atoms with Crippen LogP contribution in [0.5, 0.6) is 0 Å². The largest absolute Gasteiger partial charge is 0.374 e. The van der Waals surface area contributed by atoms with E-state index in [9.17, 15) is 9.59 Å². The molecule has 24 heavy (non-hydrogen) atoms. The number of rotatable bonds is 5. The molecule has 0 aromatic carbocycles. The highest BCUT2D eigenvalue weighted by molar-refractivity contribution is 5.91. The van der Waals surface area contributed by atoms with Gasteiger partial charge in [-0.2, -0.15) is 20.5 Å². The van der Waals surface area contributed by atoms with Crippen LogP contribution in [0.2, 0.25) is 0 Å². The number of aryl methyl sites for hydroxylation is 1. The second-order valence-corrected chi connectivity index (χ2v) is 5.51. The Balaban J connectivity index is 1.51. The van der Waals surface area contributed by atoms with Crippen LogP contribution in [0, 0.1) is 0 Å². The maximum absolute atomic E-state index is 11.8. The Morgan fingerprint density at radius 1 is 1.50 bits per heavy atom. The molecule has 0 aliphatic carbocycles. The molecule has 3 rings (SSSR count). The number of nitrogens with one attached hydrogen (secondary N) is 2. The molecule has 1 atom stereocenters. The quantitative estimate of drug-likeness (QED) is 0.715. The lowest BCUT2D eigenvalue weighted by atomic mass is 10.2. The third-order valence-corrected chi connectivity index (χ3v) is 3.86. The molecule has 0 radical (unpaired) electrons. The first-order valence-electron chi connectivity index (χ1n) is 7.67. The highest BCUT2D eigenvalue weighted by Crippen LogP contribution is 2.16. The van der Waals surface area contributed by atoms with E-state index in [1.807, 2.05) is 0 Å². The maximum Gasteiger partial charge on any atom is 0.273 e. The summed E-state index contributed by atoms with van der Waals surface area (Å²) in [6.45, 7) is 2.39. The Kier molecular flexibility index (Phi) is 4.85. The standard InChI is InChI=1S/C14H19N7O3/c1-20-13(22)6-10(7-17-20)21-4-5-24-11(9-21)2-3-15-14(23)12-8-16-19-18-12/h6-8,11H,2-5,9H2,1H3,(H,15,23)(H,16,18,19)/t11-/m1/s1. The fraction of sp³-hybridized carbons (Fsp3) is 0.500. The number of anilines is 1. The second kappa shape index (κ2) is 7.21. The molecule has 1 amide bonds. The number of H-pyrrole nitrogens is 1. The van der Waals surface area contributed by atoms with Crippen molar-refractivity contribution >= 4 is 11.6 Å². The fourth-order valence-electron chi connectivity index (χ4n) is 2.51. The molecule has 2 aromatic heterocycles. The SMILES string of the molecule is Cn1ncc(N2CCO[C@H](CCNC(=O)c3cn[nH]n3)C2)cc1=O. The van der Waals surface area contributed by atoms with Crippen LogP contribution >= 0.6 is 0 Å². The van der Waals surface area contributed by atoms with Crippen molar-refractivity contribution in [3.8, 4) is 0 Å². The minimum Gasteiger partial charge on any atom is -0.374 e. The predicted molar refractivity (Wildman–Crippen MR) is 84.8 cm³/mol. The minimum atomic E-state index is -0.271. The molecule has 2 N–H and O–H groups in total. The van der Waals surface area contributed by atoms with Crippen molar-refractivity contribution in [1.29, 1.82) is 0 Å². The summed E-state index contributed by atoms with van der Waals surface area (Å²) in [7, 11) is 1.62. The number of hydrogen-bond donors (Lipinski definition) is 2. The lowest BCUT2D eigenvalue weighted by Gasteiger charge is -2.34. The van der Waals surface area contributed by atoms with E-state index >= 15 is 0 Å². The molecule has 3 heterocycles. The van der Waals surface area contributed by atoms with Crippen molar-refractivity contribution in [2.24, 2.45) is 7.05 Å². The van der Waals surface area contributed by atoms with E-state index in [2.05, 4.69) is 30.7 Å². The molecular weight excluding hydrogens is 314 g/mol. The zero-order chi connectivity index (χ0) is 16.9. The van der Waals surface area contributed by atoms with E-state index in [1.54, 1.807) is 19.3 Å². The molecule has 10 heteroatoms. The van der Waals surface area contributed by atoms with Crippen LogP contribution in [-0.2, 0) is 11.8 Å². The van der Waals surface area contributed by atoms with Gasteiger partial charge in [-0.25, -0.2) is 4.68 Å². The molecule has 1 fully saturated rings. The first kappa shape index (κ1) is 16.1. The van der Waals surface area contributed by atoms with Gasteiger partial charge in [-0.15, -0.1) is 0 Å². The van der Waals surface area contributed by atoms with Gasteiger partial charge in [0.15, 0.2) is 5.69 Å². The molecule has 0 saturated carbocycles. The number of ether oxygens (including phenoxy) is 1. The van der Waals surface area contributed by atoms with Gasteiger partial charge in [-0.3, -0.25) is 9.59 Å². The van der Waals surface area contributed by atoms with Crippen LogP contribution in [0.1, 0.15) is 16.9 Å². The second-order valence-electron chi connectivity index (χ2n) is 5.51.